The summed E-state index contributed by atoms with van der Waals surface area (Å²) in [5.41, 5.74) is 1.07. The van der Waals surface area contributed by atoms with Crippen LogP contribution in [0.15, 0.2) is 48.5 Å². The minimum Gasteiger partial charge on any atom is -0.493 e. The van der Waals surface area contributed by atoms with E-state index in [9.17, 15) is 9.18 Å². The summed E-state index contributed by atoms with van der Waals surface area (Å²) in [6, 6.07) is 12.1. The Bertz CT molecular complexity index is 745. The average molecular weight is 297 g/mol. The number of carbonyl (C=O) groups is 1. The van der Waals surface area contributed by atoms with E-state index in [-0.39, 0.29) is 11.6 Å². The van der Waals surface area contributed by atoms with Crippen LogP contribution in [0.4, 0.5) is 4.39 Å². The van der Waals surface area contributed by atoms with Gasteiger partial charge in [-0.1, -0.05) is 12.1 Å². The van der Waals surface area contributed by atoms with Crippen LogP contribution in [0.3, 0.4) is 0 Å². The van der Waals surface area contributed by atoms with E-state index in [1.807, 2.05) is 6.07 Å². The minimum absolute atomic E-state index is 0.218. The number of benzene rings is 2. The fourth-order valence-electron chi connectivity index (χ4n) is 1.70. The van der Waals surface area contributed by atoms with Gasteiger partial charge in [-0.25, -0.2) is 9.18 Å². The third kappa shape index (κ3) is 3.93. The molecule has 0 saturated carbocycles. The van der Waals surface area contributed by atoms with Gasteiger partial charge < -0.3 is 9.47 Å². The smallest absolute Gasteiger partial charge is 0.336 e. The average Bonchev–Trinajstić information content (AvgIpc) is 2.54. The Morgan fingerprint density at radius 2 is 1.91 bits per heavy atom. The number of nitrogens with zero attached hydrogens (tertiary/aromatic N) is 1. The summed E-state index contributed by atoms with van der Waals surface area (Å²) >= 11 is 0. The van der Waals surface area contributed by atoms with Crippen LogP contribution in [0, 0.1) is 17.1 Å². The second-order valence-corrected chi connectivity index (χ2v) is 4.28. The summed E-state index contributed by atoms with van der Waals surface area (Å²) < 4.78 is 23.0. The number of esters is 1. The van der Waals surface area contributed by atoms with Crippen molar-refractivity contribution in [2.24, 2.45) is 0 Å². The number of nitriles is 1. The molecular formula is C17H12FNO3. The molecule has 2 rings (SSSR count). The molecule has 0 aliphatic heterocycles. The maximum Gasteiger partial charge on any atom is 0.336 e. The van der Waals surface area contributed by atoms with Crippen molar-refractivity contribution in [3.05, 3.63) is 65.5 Å². The van der Waals surface area contributed by atoms with Gasteiger partial charge in [0, 0.05) is 12.1 Å². The third-order valence-electron chi connectivity index (χ3n) is 2.79. The van der Waals surface area contributed by atoms with Gasteiger partial charge in [-0.05, 0) is 35.9 Å². The van der Waals surface area contributed by atoms with Crippen molar-refractivity contribution in [1.82, 2.24) is 0 Å². The number of halogens is 1. The van der Waals surface area contributed by atoms with E-state index in [1.54, 1.807) is 12.1 Å². The molecule has 0 aliphatic rings. The SMILES string of the molecule is COc1cc(C#N)ccc1OC(=O)C=Cc1ccc(F)cc1. The fraction of sp³-hybridized carbons (Fsp3) is 0.0588. The molecule has 0 N–H and O–H groups in total. The molecule has 0 fully saturated rings. The zero-order valence-corrected chi connectivity index (χ0v) is 11.7. The van der Waals surface area contributed by atoms with E-state index < -0.39 is 5.97 Å². The molecule has 0 heterocycles. The van der Waals surface area contributed by atoms with Crippen LogP contribution in [0.25, 0.3) is 6.08 Å². The van der Waals surface area contributed by atoms with Gasteiger partial charge in [-0.3, -0.25) is 0 Å². The molecule has 0 unspecified atom stereocenters. The van der Waals surface area contributed by atoms with Crippen LogP contribution in [-0.4, -0.2) is 13.1 Å². The summed E-state index contributed by atoms with van der Waals surface area (Å²) in [6.07, 6.45) is 2.74. The molecule has 0 saturated heterocycles. The molecule has 0 bridgehead atoms. The molecular weight excluding hydrogens is 285 g/mol. The van der Waals surface area contributed by atoms with Gasteiger partial charge in [0.1, 0.15) is 5.82 Å². The molecule has 0 radical (unpaired) electrons. The zero-order chi connectivity index (χ0) is 15.9. The van der Waals surface area contributed by atoms with Crippen molar-refractivity contribution in [2.75, 3.05) is 7.11 Å². The molecule has 5 heteroatoms. The summed E-state index contributed by atoms with van der Waals surface area (Å²) in [6.45, 7) is 0. The fourth-order valence-corrected chi connectivity index (χ4v) is 1.70. The van der Waals surface area contributed by atoms with Crippen LogP contribution in [0.5, 0.6) is 11.5 Å². The summed E-state index contributed by atoms with van der Waals surface area (Å²) in [5, 5.41) is 8.81. The van der Waals surface area contributed by atoms with Crippen LogP contribution in [0.2, 0.25) is 0 Å². The van der Waals surface area contributed by atoms with Crippen molar-refractivity contribution in [2.45, 2.75) is 0 Å². The normalized spacial score (nSPS) is 10.2. The van der Waals surface area contributed by atoms with Gasteiger partial charge >= 0.3 is 5.97 Å². The highest BCUT2D eigenvalue weighted by Gasteiger charge is 2.08. The first-order valence-electron chi connectivity index (χ1n) is 6.36. The maximum absolute atomic E-state index is 12.8. The summed E-state index contributed by atoms with van der Waals surface area (Å²) in [4.78, 5) is 11.8. The van der Waals surface area contributed by atoms with Crippen LogP contribution >= 0.6 is 0 Å². The van der Waals surface area contributed by atoms with E-state index in [4.69, 9.17) is 14.7 Å². The summed E-state index contributed by atoms with van der Waals surface area (Å²) in [7, 11) is 1.42. The molecule has 2 aromatic rings. The molecule has 4 nitrogen and oxygen atoms in total. The monoisotopic (exact) mass is 297 g/mol. The Balaban J connectivity index is 2.09. The standard InChI is InChI=1S/C17H12FNO3/c1-21-16-10-13(11-19)4-8-15(16)22-17(20)9-5-12-2-6-14(18)7-3-12/h2-10H,1H3. The quantitative estimate of drug-likeness (QED) is 0.493. The van der Waals surface area contributed by atoms with Crippen molar-refractivity contribution in [3.63, 3.8) is 0 Å². The van der Waals surface area contributed by atoms with Crippen LogP contribution < -0.4 is 9.47 Å². The van der Waals surface area contributed by atoms with Crippen LogP contribution in [-0.2, 0) is 4.79 Å². The Hall–Kier alpha value is -3.13. The number of carbonyl (C=O) groups excluding carboxylic acids is 1. The molecule has 110 valence electrons. The highest BCUT2D eigenvalue weighted by molar-refractivity contribution is 5.89. The maximum atomic E-state index is 12.8. The number of ether oxygens (including phenoxy) is 2. The Morgan fingerprint density at radius 1 is 1.18 bits per heavy atom. The lowest BCUT2D eigenvalue weighted by Gasteiger charge is -2.07. The van der Waals surface area contributed by atoms with E-state index in [1.165, 1.54) is 49.6 Å². The van der Waals surface area contributed by atoms with E-state index in [0.29, 0.717) is 16.9 Å². The first kappa shape index (κ1) is 15.3. The molecule has 0 amide bonds. The van der Waals surface area contributed by atoms with E-state index in [2.05, 4.69) is 0 Å². The predicted molar refractivity (Wildman–Crippen MR) is 78.8 cm³/mol. The zero-order valence-electron chi connectivity index (χ0n) is 11.7. The molecule has 0 spiro atoms. The third-order valence-corrected chi connectivity index (χ3v) is 2.79. The minimum atomic E-state index is -0.604. The number of methoxy groups -OCH3 is 1. The Labute approximate surface area is 127 Å². The number of rotatable bonds is 4. The second kappa shape index (κ2) is 7.04. The van der Waals surface area contributed by atoms with E-state index >= 15 is 0 Å². The van der Waals surface area contributed by atoms with Gasteiger partial charge in [0.2, 0.25) is 0 Å². The van der Waals surface area contributed by atoms with Gasteiger partial charge in [-0.15, -0.1) is 0 Å². The van der Waals surface area contributed by atoms with Crippen molar-refractivity contribution < 1.29 is 18.7 Å². The van der Waals surface area contributed by atoms with Gasteiger partial charge in [0.15, 0.2) is 11.5 Å². The topological polar surface area (TPSA) is 59.3 Å². The summed E-state index contributed by atoms with van der Waals surface area (Å²) in [5.74, 6) is -0.438. The lowest BCUT2D eigenvalue weighted by atomic mass is 10.2. The number of hydrogen-bond donors (Lipinski definition) is 0. The van der Waals surface area contributed by atoms with Crippen LogP contribution in [0.1, 0.15) is 11.1 Å². The number of hydrogen-bond acceptors (Lipinski definition) is 4. The molecule has 2 aromatic carbocycles. The highest BCUT2D eigenvalue weighted by atomic mass is 19.1. The lowest BCUT2D eigenvalue weighted by Crippen LogP contribution is -2.05. The van der Waals surface area contributed by atoms with Crippen molar-refractivity contribution in [3.8, 4) is 17.6 Å². The largest absolute Gasteiger partial charge is 0.493 e. The lowest BCUT2D eigenvalue weighted by molar-refractivity contribution is -0.129. The molecule has 0 atom stereocenters. The molecule has 22 heavy (non-hydrogen) atoms. The van der Waals surface area contributed by atoms with Gasteiger partial charge in [0.05, 0.1) is 18.7 Å². The Kier molecular flexibility index (Phi) is 4.89. The highest BCUT2D eigenvalue weighted by Crippen LogP contribution is 2.28. The van der Waals surface area contributed by atoms with Gasteiger partial charge in [0.25, 0.3) is 0 Å². The Morgan fingerprint density at radius 3 is 2.55 bits per heavy atom. The first-order chi connectivity index (χ1) is 10.6. The van der Waals surface area contributed by atoms with E-state index in [0.717, 1.165) is 0 Å². The van der Waals surface area contributed by atoms with Crippen molar-refractivity contribution >= 4 is 12.0 Å². The first-order valence-corrected chi connectivity index (χ1v) is 6.36. The molecule has 0 aliphatic carbocycles. The van der Waals surface area contributed by atoms with Crippen molar-refractivity contribution in [1.29, 1.82) is 5.26 Å². The molecule has 0 aromatic heterocycles. The second-order valence-electron chi connectivity index (χ2n) is 4.28. The predicted octanol–water partition coefficient (Wildman–Crippen LogP) is 3.32. The van der Waals surface area contributed by atoms with Gasteiger partial charge in [-0.2, -0.15) is 5.26 Å².